The maximum Gasteiger partial charge on any atom is 0.300 e. The number of aliphatic imine (C=N–C) groups is 1. The number of nitrogens with one attached hydrogen (secondary N) is 1. The highest BCUT2D eigenvalue weighted by atomic mass is 16.2. The minimum atomic E-state index is -0.426. The van der Waals surface area contributed by atoms with Crippen LogP contribution in [0.4, 0.5) is 5.82 Å². The van der Waals surface area contributed by atoms with Gasteiger partial charge in [0.2, 0.25) is 5.96 Å². The number of carbonyl (C=O) groups is 1. The van der Waals surface area contributed by atoms with E-state index >= 15 is 0 Å². The van der Waals surface area contributed by atoms with Gasteiger partial charge in [-0.15, -0.1) is 0 Å². The normalized spacial score (nSPS) is 15.3. The standard InChI is InChI=1S/C5H4N5O/c6-5-9-3-2(4(11)10-5)7-1-8-3/h1H,(H2,6,9)(H,7,8). The Bertz CT molecular complexity index is 338. The van der Waals surface area contributed by atoms with Crippen molar-refractivity contribution in [2.75, 3.05) is 0 Å². The molecule has 11 heavy (non-hydrogen) atoms. The highest BCUT2D eigenvalue weighted by Crippen LogP contribution is 2.15. The average Bonchev–Trinajstić information content (AvgIpc) is 2.34. The lowest BCUT2D eigenvalue weighted by Crippen LogP contribution is -2.32. The van der Waals surface area contributed by atoms with Gasteiger partial charge in [0.25, 0.3) is 0 Å². The molecule has 1 radical (unpaired) electrons. The summed E-state index contributed by atoms with van der Waals surface area (Å²) in [5.74, 6) is -0.165. The Morgan fingerprint density at radius 3 is 3.18 bits per heavy atom. The molecule has 2 rings (SSSR count). The van der Waals surface area contributed by atoms with Gasteiger partial charge in [0.15, 0.2) is 11.5 Å². The lowest BCUT2D eigenvalue weighted by atomic mass is 10.4. The number of rotatable bonds is 0. The van der Waals surface area contributed by atoms with Gasteiger partial charge in [0, 0.05) is 0 Å². The molecule has 0 spiro atoms. The number of amides is 1. The molecule has 0 atom stereocenters. The summed E-state index contributed by atoms with van der Waals surface area (Å²) < 4.78 is 0. The summed E-state index contributed by atoms with van der Waals surface area (Å²) in [7, 11) is 0. The van der Waals surface area contributed by atoms with Crippen LogP contribution in [0, 0.1) is 0 Å². The maximum absolute atomic E-state index is 11.0. The second kappa shape index (κ2) is 1.82. The predicted octanol–water partition coefficient (Wildman–Crippen LogP) is -0.886. The van der Waals surface area contributed by atoms with Crippen molar-refractivity contribution < 1.29 is 4.79 Å². The summed E-state index contributed by atoms with van der Waals surface area (Å²) in [6.45, 7) is 0. The highest BCUT2D eigenvalue weighted by Gasteiger charge is 2.21. The fraction of sp³-hybridized carbons (Fsp3) is 0. The molecular formula is C5H4N5O. The van der Waals surface area contributed by atoms with Crippen molar-refractivity contribution in [2.24, 2.45) is 10.7 Å². The van der Waals surface area contributed by atoms with Crippen LogP contribution in [0.3, 0.4) is 0 Å². The van der Waals surface area contributed by atoms with Crippen LogP contribution >= 0.6 is 0 Å². The van der Waals surface area contributed by atoms with Crippen LogP contribution in [0.2, 0.25) is 0 Å². The second-order valence-corrected chi connectivity index (χ2v) is 1.99. The number of fused-ring (bicyclic) bond motifs is 1. The van der Waals surface area contributed by atoms with E-state index in [1.165, 1.54) is 6.33 Å². The van der Waals surface area contributed by atoms with Gasteiger partial charge in [-0.1, -0.05) is 0 Å². The number of hydrogen-bond donors (Lipinski definition) is 2. The van der Waals surface area contributed by atoms with Crippen LogP contribution in [0.25, 0.3) is 0 Å². The van der Waals surface area contributed by atoms with Crippen LogP contribution in [0.1, 0.15) is 10.5 Å². The van der Waals surface area contributed by atoms with E-state index < -0.39 is 5.91 Å². The fourth-order valence-electron chi connectivity index (χ4n) is 0.823. The lowest BCUT2D eigenvalue weighted by molar-refractivity contribution is 0.0967. The molecule has 0 saturated carbocycles. The zero-order valence-corrected chi connectivity index (χ0v) is 5.40. The molecule has 1 aromatic rings. The van der Waals surface area contributed by atoms with Crippen molar-refractivity contribution in [2.45, 2.75) is 0 Å². The predicted molar refractivity (Wildman–Crippen MR) is 36.3 cm³/mol. The van der Waals surface area contributed by atoms with Crippen LogP contribution in [-0.4, -0.2) is 21.8 Å². The molecule has 6 heteroatoms. The SMILES string of the molecule is NC1=Nc2nc[nH]c2C(=O)[N]1. The van der Waals surface area contributed by atoms with Crippen molar-refractivity contribution >= 4 is 17.7 Å². The smallest absolute Gasteiger partial charge is 0.300 e. The first-order chi connectivity index (χ1) is 5.27. The number of aromatic nitrogens is 2. The third-order valence-electron chi connectivity index (χ3n) is 1.27. The molecule has 0 bridgehead atoms. The Morgan fingerprint density at radius 1 is 1.55 bits per heavy atom. The van der Waals surface area contributed by atoms with Gasteiger partial charge in [-0.25, -0.2) is 4.98 Å². The molecule has 1 aliphatic rings. The van der Waals surface area contributed by atoms with Crippen molar-refractivity contribution in [1.82, 2.24) is 15.3 Å². The monoisotopic (exact) mass is 150 g/mol. The summed E-state index contributed by atoms with van der Waals surface area (Å²) >= 11 is 0. The molecule has 1 aromatic heterocycles. The topological polar surface area (TPSA) is 98.2 Å². The second-order valence-electron chi connectivity index (χ2n) is 1.99. The summed E-state index contributed by atoms with van der Waals surface area (Å²) in [5.41, 5.74) is 5.50. The molecule has 0 unspecified atom stereocenters. The highest BCUT2D eigenvalue weighted by molar-refractivity contribution is 6.09. The van der Waals surface area contributed by atoms with E-state index in [2.05, 4.69) is 20.3 Å². The number of nitrogens with zero attached hydrogens (tertiary/aromatic N) is 3. The van der Waals surface area contributed by atoms with Crippen molar-refractivity contribution in [3.63, 3.8) is 0 Å². The Hall–Kier alpha value is -1.85. The lowest BCUT2D eigenvalue weighted by Gasteiger charge is -2.04. The van der Waals surface area contributed by atoms with Gasteiger partial charge in [0.1, 0.15) is 0 Å². The number of aromatic amines is 1. The molecule has 2 heterocycles. The maximum atomic E-state index is 11.0. The summed E-state index contributed by atoms with van der Waals surface area (Å²) in [5, 5.41) is 3.41. The van der Waals surface area contributed by atoms with Crippen LogP contribution in [0.5, 0.6) is 0 Å². The van der Waals surface area contributed by atoms with Gasteiger partial charge in [0.05, 0.1) is 6.33 Å². The van der Waals surface area contributed by atoms with E-state index in [4.69, 9.17) is 5.73 Å². The first-order valence-electron chi connectivity index (χ1n) is 2.91. The Morgan fingerprint density at radius 2 is 2.36 bits per heavy atom. The van der Waals surface area contributed by atoms with E-state index in [-0.39, 0.29) is 5.96 Å². The third-order valence-corrected chi connectivity index (χ3v) is 1.27. The largest absolute Gasteiger partial charge is 0.368 e. The molecule has 0 saturated heterocycles. The van der Waals surface area contributed by atoms with E-state index in [9.17, 15) is 4.79 Å². The summed E-state index contributed by atoms with van der Waals surface area (Å²) in [6, 6.07) is 0. The summed E-state index contributed by atoms with van der Waals surface area (Å²) in [6.07, 6.45) is 1.38. The van der Waals surface area contributed by atoms with Crippen molar-refractivity contribution in [3.8, 4) is 0 Å². The Labute approximate surface area is 61.5 Å². The van der Waals surface area contributed by atoms with E-state index in [0.717, 1.165) is 0 Å². The van der Waals surface area contributed by atoms with Gasteiger partial charge in [-0.2, -0.15) is 10.3 Å². The fourth-order valence-corrected chi connectivity index (χ4v) is 0.823. The van der Waals surface area contributed by atoms with Crippen molar-refractivity contribution in [1.29, 1.82) is 0 Å². The zero-order valence-electron chi connectivity index (χ0n) is 5.40. The number of hydrogen-bond acceptors (Lipinski definition) is 4. The van der Waals surface area contributed by atoms with Crippen LogP contribution in [0.15, 0.2) is 11.3 Å². The molecular weight excluding hydrogens is 146 g/mol. The average molecular weight is 150 g/mol. The number of nitrogens with two attached hydrogens (primary N) is 1. The molecule has 1 aliphatic heterocycles. The zero-order chi connectivity index (χ0) is 7.84. The van der Waals surface area contributed by atoms with Crippen LogP contribution in [-0.2, 0) is 0 Å². The molecule has 6 nitrogen and oxygen atoms in total. The molecule has 0 fully saturated rings. The first-order valence-corrected chi connectivity index (χ1v) is 2.91. The first kappa shape index (κ1) is 5.90. The summed E-state index contributed by atoms with van der Waals surface area (Å²) in [4.78, 5) is 21.0. The molecule has 0 aliphatic carbocycles. The van der Waals surface area contributed by atoms with Gasteiger partial charge >= 0.3 is 5.91 Å². The minimum absolute atomic E-state index is 0.0467. The Kier molecular flexibility index (Phi) is 0.974. The molecule has 0 aromatic carbocycles. The van der Waals surface area contributed by atoms with E-state index in [0.29, 0.717) is 11.5 Å². The van der Waals surface area contributed by atoms with E-state index in [1.54, 1.807) is 0 Å². The van der Waals surface area contributed by atoms with E-state index in [1.807, 2.05) is 0 Å². The van der Waals surface area contributed by atoms with Gasteiger partial charge in [-0.05, 0) is 0 Å². The Balaban J connectivity index is 2.60. The number of H-pyrrole nitrogens is 1. The van der Waals surface area contributed by atoms with Gasteiger partial charge < -0.3 is 10.7 Å². The van der Waals surface area contributed by atoms with Gasteiger partial charge in [-0.3, -0.25) is 4.79 Å². The molecule has 55 valence electrons. The van der Waals surface area contributed by atoms with Crippen molar-refractivity contribution in [3.05, 3.63) is 12.0 Å². The quantitative estimate of drug-likeness (QED) is 0.502. The molecule has 1 amide bonds. The van der Waals surface area contributed by atoms with Crippen LogP contribution < -0.4 is 11.1 Å². The molecule has 3 N–H and O–H groups in total. The number of imidazole rings is 1. The number of guanidine groups is 1. The third kappa shape index (κ3) is 0.759. The minimum Gasteiger partial charge on any atom is -0.368 e. The number of carbonyl (C=O) groups excluding carboxylic acids is 1.